The van der Waals surface area contributed by atoms with Gasteiger partial charge in [-0.1, -0.05) is 6.07 Å². The molecule has 6 nitrogen and oxygen atoms in total. The fraction of sp³-hybridized carbons (Fsp3) is 0.529. The van der Waals surface area contributed by atoms with Gasteiger partial charge in [0.1, 0.15) is 0 Å². The van der Waals surface area contributed by atoms with E-state index in [-0.39, 0.29) is 0 Å². The predicted molar refractivity (Wildman–Crippen MR) is 94.3 cm³/mol. The highest BCUT2D eigenvalue weighted by atomic mass is 32.1. The van der Waals surface area contributed by atoms with E-state index in [4.69, 9.17) is 14.6 Å². The Morgan fingerprint density at radius 1 is 1.41 bits per heavy atom. The maximum atomic E-state index is 10.6. The summed E-state index contributed by atoms with van der Waals surface area (Å²) in [7, 11) is 0. The molecule has 0 saturated heterocycles. The van der Waals surface area contributed by atoms with Crippen LogP contribution < -0.4 is 0 Å². The van der Waals surface area contributed by atoms with Crippen molar-refractivity contribution in [1.29, 1.82) is 0 Å². The summed E-state index contributed by atoms with van der Waals surface area (Å²) >= 11 is 1.84. The fourth-order valence-corrected chi connectivity index (χ4v) is 3.40. The summed E-state index contributed by atoms with van der Waals surface area (Å²) in [5.41, 5.74) is 2.43. The van der Waals surface area contributed by atoms with Crippen molar-refractivity contribution in [3.63, 3.8) is 0 Å². The zero-order chi connectivity index (χ0) is 19.9. The van der Waals surface area contributed by atoms with E-state index < -0.39 is 12.1 Å². The lowest BCUT2D eigenvalue weighted by Gasteiger charge is -2.19. The molecule has 1 N–H and O–H groups in total. The highest BCUT2D eigenvalue weighted by Crippen LogP contribution is 2.20. The van der Waals surface area contributed by atoms with E-state index in [0.29, 0.717) is 6.61 Å². The third kappa shape index (κ3) is 6.64. The molecule has 1 aliphatic rings. The van der Waals surface area contributed by atoms with Gasteiger partial charge in [-0.05, 0) is 24.8 Å². The Hall–Kier alpha value is -1.91. The first kappa shape index (κ1) is 21.4. The van der Waals surface area contributed by atoms with Crippen LogP contribution in [0.2, 0.25) is 0 Å². The summed E-state index contributed by atoms with van der Waals surface area (Å²) in [5, 5.41) is 9.28. The monoisotopic (exact) mass is 405 g/mol. The first-order valence-electron chi connectivity index (χ1n) is 8.46. The van der Waals surface area contributed by atoms with Crippen molar-refractivity contribution in [2.24, 2.45) is 0 Å². The van der Waals surface area contributed by atoms with Crippen molar-refractivity contribution in [3.8, 4) is 0 Å². The molecule has 0 bridgehead atoms. The van der Waals surface area contributed by atoms with E-state index >= 15 is 0 Å². The minimum absolute atomic E-state index is 0.631. The fourth-order valence-electron chi connectivity index (χ4n) is 2.66. The van der Waals surface area contributed by atoms with Gasteiger partial charge in [-0.15, -0.1) is 11.3 Å². The van der Waals surface area contributed by atoms with Crippen LogP contribution in [-0.2, 0) is 35.8 Å². The van der Waals surface area contributed by atoms with E-state index in [0.717, 1.165) is 38.5 Å². The molecule has 0 unspecified atom stereocenters. The number of fused-ring (bicyclic) bond motifs is 1. The van der Waals surface area contributed by atoms with Crippen LogP contribution in [0, 0.1) is 0 Å². The number of hydrogen-bond donors (Lipinski definition) is 1. The Balaban J connectivity index is 0.000000321. The molecule has 3 heterocycles. The van der Waals surface area contributed by atoms with Gasteiger partial charge >= 0.3 is 12.1 Å². The van der Waals surface area contributed by atoms with Gasteiger partial charge in [0.05, 0.1) is 24.3 Å². The molecule has 2 aromatic rings. The Kier molecular flexibility index (Phi) is 7.81. The molecule has 10 heteroatoms. The quantitative estimate of drug-likeness (QED) is 0.825. The number of hydrogen-bond acceptors (Lipinski definition) is 5. The Morgan fingerprint density at radius 2 is 2.15 bits per heavy atom. The number of nitrogens with zero attached hydrogens (tertiary/aromatic N) is 3. The normalized spacial score (nSPS) is 14.8. The zero-order valence-electron chi connectivity index (χ0n) is 14.9. The van der Waals surface area contributed by atoms with E-state index in [1.54, 1.807) is 0 Å². The molecule has 0 radical (unpaired) electrons. The maximum Gasteiger partial charge on any atom is 0.490 e. The predicted octanol–water partition coefficient (Wildman–Crippen LogP) is 3.52. The topological polar surface area (TPSA) is 67.6 Å². The standard InChI is InChI=1S/C15H21N3OS.C2HF3O2/c1-2-19-11-14-15-10-17(9-13-5-3-8-20-13)6-4-7-18(15)12-16-14;3-2(4,5)1(6)7/h3,5,8,12H,2,4,6-7,9-11H2,1H3;(H,6,7). The van der Waals surface area contributed by atoms with E-state index in [1.165, 1.54) is 17.0 Å². The van der Waals surface area contributed by atoms with Crippen molar-refractivity contribution in [3.05, 3.63) is 40.1 Å². The lowest BCUT2D eigenvalue weighted by atomic mass is 10.3. The van der Waals surface area contributed by atoms with E-state index in [1.807, 2.05) is 24.6 Å². The molecule has 0 aromatic carbocycles. The summed E-state index contributed by atoms with van der Waals surface area (Å²) in [5.74, 6) is -2.76. The SMILES string of the molecule is CCOCc1ncn2c1CN(Cc1cccs1)CCC2.O=C(O)C(F)(F)F. The maximum absolute atomic E-state index is 10.6. The smallest absolute Gasteiger partial charge is 0.475 e. The molecule has 150 valence electrons. The highest BCUT2D eigenvalue weighted by molar-refractivity contribution is 7.09. The van der Waals surface area contributed by atoms with Gasteiger partial charge in [-0.25, -0.2) is 9.78 Å². The van der Waals surface area contributed by atoms with Gasteiger partial charge in [-0.3, -0.25) is 4.90 Å². The van der Waals surface area contributed by atoms with Crippen LogP contribution in [-0.4, -0.2) is 44.9 Å². The average Bonchev–Trinajstić information content (AvgIpc) is 3.19. The Morgan fingerprint density at radius 3 is 2.74 bits per heavy atom. The number of aliphatic carboxylic acids is 1. The highest BCUT2D eigenvalue weighted by Gasteiger charge is 2.38. The number of aromatic nitrogens is 2. The number of aryl methyl sites for hydroxylation is 1. The molecular weight excluding hydrogens is 383 g/mol. The summed E-state index contributed by atoms with van der Waals surface area (Å²) in [4.78, 5) is 17.4. The number of alkyl halides is 3. The van der Waals surface area contributed by atoms with Crippen LogP contribution in [0.3, 0.4) is 0 Å². The van der Waals surface area contributed by atoms with Crippen LogP contribution in [0.25, 0.3) is 0 Å². The third-order valence-corrected chi connectivity index (χ3v) is 4.79. The van der Waals surface area contributed by atoms with Crippen molar-refractivity contribution >= 4 is 17.3 Å². The van der Waals surface area contributed by atoms with Gasteiger partial charge in [0.25, 0.3) is 0 Å². The number of imidazole rings is 1. The van der Waals surface area contributed by atoms with Crippen LogP contribution >= 0.6 is 11.3 Å². The van der Waals surface area contributed by atoms with Gasteiger partial charge in [0, 0.05) is 37.7 Å². The molecule has 27 heavy (non-hydrogen) atoms. The molecule has 0 saturated carbocycles. The molecule has 2 aromatic heterocycles. The van der Waals surface area contributed by atoms with Crippen molar-refractivity contribution in [1.82, 2.24) is 14.5 Å². The molecule has 0 aliphatic carbocycles. The largest absolute Gasteiger partial charge is 0.490 e. The molecular formula is C17H22F3N3O3S. The third-order valence-electron chi connectivity index (χ3n) is 3.92. The van der Waals surface area contributed by atoms with Crippen molar-refractivity contribution in [2.75, 3.05) is 13.2 Å². The lowest BCUT2D eigenvalue weighted by Crippen LogP contribution is -2.23. The van der Waals surface area contributed by atoms with Gasteiger partial charge < -0.3 is 14.4 Å². The van der Waals surface area contributed by atoms with Gasteiger partial charge in [0.2, 0.25) is 0 Å². The second kappa shape index (κ2) is 9.86. The van der Waals surface area contributed by atoms with Crippen LogP contribution in [0.4, 0.5) is 13.2 Å². The molecule has 0 fully saturated rings. The second-order valence-corrected chi connectivity index (χ2v) is 6.95. The number of rotatable bonds is 5. The Labute approximate surface area is 159 Å². The second-order valence-electron chi connectivity index (χ2n) is 5.91. The van der Waals surface area contributed by atoms with E-state index in [2.05, 4.69) is 32.0 Å². The van der Waals surface area contributed by atoms with Crippen LogP contribution in [0.1, 0.15) is 29.6 Å². The Bertz CT molecular complexity index is 717. The number of ether oxygens (including phenoxy) is 1. The number of carboxylic acid groups (broad SMARTS) is 1. The minimum atomic E-state index is -5.08. The first-order valence-corrected chi connectivity index (χ1v) is 9.34. The van der Waals surface area contributed by atoms with Crippen molar-refractivity contribution in [2.45, 2.75) is 45.8 Å². The van der Waals surface area contributed by atoms with Crippen LogP contribution in [0.5, 0.6) is 0 Å². The number of carboxylic acids is 1. The first-order chi connectivity index (χ1) is 12.8. The van der Waals surface area contributed by atoms with E-state index in [9.17, 15) is 13.2 Å². The average molecular weight is 405 g/mol. The molecule has 3 rings (SSSR count). The van der Waals surface area contributed by atoms with Crippen LogP contribution in [0.15, 0.2) is 23.8 Å². The van der Waals surface area contributed by atoms with Gasteiger partial charge in [0.15, 0.2) is 0 Å². The van der Waals surface area contributed by atoms with Crippen molar-refractivity contribution < 1.29 is 27.8 Å². The lowest BCUT2D eigenvalue weighted by molar-refractivity contribution is -0.192. The number of carbonyl (C=O) groups is 1. The summed E-state index contributed by atoms with van der Waals surface area (Å²) in [6, 6.07) is 4.34. The van der Waals surface area contributed by atoms with Gasteiger partial charge in [-0.2, -0.15) is 13.2 Å². The molecule has 1 aliphatic heterocycles. The molecule has 0 atom stereocenters. The minimum Gasteiger partial charge on any atom is -0.475 e. The molecule has 0 spiro atoms. The number of thiophene rings is 1. The summed E-state index contributed by atoms with van der Waals surface area (Å²) in [6.45, 7) is 7.62. The number of halogens is 3. The summed E-state index contributed by atoms with van der Waals surface area (Å²) in [6.07, 6.45) is -1.93. The summed E-state index contributed by atoms with van der Waals surface area (Å²) < 4.78 is 39.6. The zero-order valence-corrected chi connectivity index (χ0v) is 15.7. The molecule has 0 amide bonds.